The van der Waals surface area contributed by atoms with E-state index >= 15 is 0 Å². The summed E-state index contributed by atoms with van der Waals surface area (Å²) in [5.74, 6) is 6.56. The van der Waals surface area contributed by atoms with Crippen molar-refractivity contribution in [1.82, 2.24) is 10.6 Å². The lowest BCUT2D eigenvalue weighted by Crippen LogP contribution is -2.28. The van der Waals surface area contributed by atoms with Gasteiger partial charge < -0.3 is 10.6 Å². The lowest BCUT2D eigenvalue weighted by Gasteiger charge is -2.37. The van der Waals surface area contributed by atoms with Gasteiger partial charge in [-0.3, -0.25) is 0 Å². The van der Waals surface area contributed by atoms with Gasteiger partial charge in [0.2, 0.25) is 0 Å². The standard InChI is InChI=1S/C15H34N2S/c1-6-10-12-16-15(5)17-13-11-14-18(7-2,8-3)9-4/h16-17H,5-14H2,1-4H3. The van der Waals surface area contributed by atoms with E-state index in [1.165, 1.54) is 42.3 Å². The Morgan fingerprint density at radius 3 is 1.83 bits per heavy atom. The van der Waals surface area contributed by atoms with Gasteiger partial charge in [0, 0.05) is 13.1 Å². The van der Waals surface area contributed by atoms with Crippen molar-refractivity contribution in [1.29, 1.82) is 0 Å². The van der Waals surface area contributed by atoms with Gasteiger partial charge in [0.25, 0.3) is 0 Å². The van der Waals surface area contributed by atoms with E-state index in [1.54, 1.807) is 0 Å². The molecule has 3 heteroatoms. The van der Waals surface area contributed by atoms with Crippen molar-refractivity contribution >= 4 is 10.0 Å². The SMILES string of the molecule is C=C(NCCCC)NCCCS(CC)(CC)CC. The highest BCUT2D eigenvalue weighted by Crippen LogP contribution is 2.47. The van der Waals surface area contributed by atoms with Crippen molar-refractivity contribution in [2.45, 2.75) is 47.0 Å². The van der Waals surface area contributed by atoms with Crippen LogP contribution in [0.4, 0.5) is 0 Å². The average molecular weight is 275 g/mol. The lowest BCUT2D eigenvalue weighted by atomic mass is 10.3. The number of hydrogen-bond donors (Lipinski definition) is 2. The number of hydrogen-bond acceptors (Lipinski definition) is 2. The van der Waals surface area contributed by atoms with Crippen LogP contribution >= 0.6 is 10.0 Å². The average Bonchev–Trinajstić information content (AvgIpc) is 2.40. The number of nitrogens with one attached hydrogen (secondary N) is 2. The minimum atomic E-state index is -0.319. The fraction of sp³-hybridized carbons (Fsp3) is 0.867. The smallest absolute Gasteiger partial charge is 0.0912 e. The molecule has 0 atom stereocenters. The second kappa shape index (κ2) is 10.6. The van der Waals surface area contributed by atoms with Crippen molar-refractivity contribution in [3.05, 3.63) is 12.4 Å². The van der Waals surface area contributed by atoms with Crippen LogP contribution < -0.4 is 10.6 Å². The van der Waals surface area contributed by atoms with E-state index < -0.39 is 0 Å². The molecule has 18 heavy (non-hydrogen) atoms. The summed E-state index contributed by atoms with van der Waals surface area (Å²) in [5.41, 5.74) is 0. The van der Waals surface area contributed by atoms with E-state index in [4.69, 9.17) is 0 Å². The summed E-state index contributed by atoms with van der Waals surface area (Å²) in [6.45, 7) is 15.4. The molecular weight excluding hydrogens is 240 g/mol. The number of rotatable bonds is 12. The third-order valence-electron chi connectivity index (χ3n) is 3.80. The van der Waals surface area contributed by atoms with Gasteiger partial charge in [0.15, 0.2) is 0 Å². The Morgan fingerprint density at radius 1 is 0.889 bits per heavy atom. The van der Waals surface area contributed by atoms with Crippen LogP contribution in [0.3, 0.4) is 0 Å². The predicted octanol–water partition coefficient (Wildman–Crippen LogP) is 3.69. The van der Waals surface area contributed by atoms with Gasteiger partial charge in [-0.2, -0.15) is 0 Å². The summed E-state index contributed by atoms with van der Waals surface area (Å²) in [7, 11) is -0.319. The van der Waals surface area contributed by atoms with E-state index in [9.17, 15) is 0 Å². The summed E-state index contributed by atoms with van der Waals surface area (Å²) in [6, 6.07) is 0. The summed E-state index contributed by atoms with van der Waals surface area (Å²) in [5, 5.41) is 6.72. The maximum Gasteiger partial charge on any atom is 0.0912 e. The van der Waals surface area contributed by atoms with Crippen molar-refractivity contribution in [2.24, 2.45) is 0 Å². The van der Waals surface area contributed by atoms with E-state index in [1.807, 2.05) is 0 Å². The Morgan fingerprint density at radius 2 is 1.39 bits per heavy atom. The first-order chi connectivity index (χ1) is 8.64. The number of unbranched alkanes of at least 4 members (excludes halogenated alkanes) is 1. The first kappa shape index (κ1) is 17.7. The topological polar surface area (TPSA) is 24.1 Å². The van der Waals surface area contributed by atoms with Gasteiger partial charge in [-0.25, -0.2) is 10.0 Å². The Hall–Kier alpha value is -0.310. The fourth-order valence-corrected chi connectivity index (χ4v) is 4.99. The normalized spacial score (nSPS) is 12.2. The summed E-state index contributed by atoms with van der Waals surface area (Å²) in [4.78, 5) is 0. The Bertz CT molecular complexity index is 204. The van der Waals surface area contributed by atoms with E-state index in [-0.39, 0.29) is 10.0 Å². The molecule has 0 spiro atoms. The van der Waals surface area contributed by atoms with Gasteiger partial charge in [-0.05, 0) is 35.9 Å². The second-order valence-electron chi connectivity index (χ2n) is 4.83. The fourth-order valence-electron chi connectivity index (χ4n) is 2.14. The van der Waals surface area contributed by atoms with E-state index in [0.29, 0.717) is 0 Å². The quantitative estimate of drug-likeness (QED) is 0.530. The molecule has 0 heterocycles. The molecule has 0 aliphatic heterocycles. The zero-order valence-electron chi connectivity index (χ0n) is 13.0. The van der Waals surface area contributed by atoms with Crippen LogP contribution in [0.25, 0.3) is 0 Å². The van der Waals surface area contributed by atoms with Gasteiger partial charge in [-0.1, -0.05) is 40.7 Å². The highest BCUT2D eigenvalue weighted by atomic mass is 32.3. The molecule has 0 aromatic heterocycles. The largest absolute Gasteiger partial charge is 0.372 e. The molecule has 0 amide bonds. The minimum absolute atomic E-state index is 0.319. The second-order valence-corrected chi connectivity index (χ2v) is 9.42. The van der Waals surface area contributed by atoms with Crippen LogP contribution in [0.2, 0.25) is 0 Å². The summed E-state index contributed by atoms with van der Waals surface area (Å²) >= 11 is 0. The molecule has 0 saturated heterocycles. The lowest BCUT2D eigenvalue weighted by molar-refractivity contribution is 0.645. The van der Waals surface area contributed by atoms with Crippen LogP contribution in [-0.4, -0.2) is 36.1 Å². The van der Waals surface area contributed by atoms with Gasteiger partial charge in [0.1, 0.15) is 0 Å². The third-order valence-corrected chi connectivity index (χ3v) is 8.63. The van der Waals surface area contributed by atoms with Crippen molar-refractivity contribution in [3.8, 4) is 0 Å². The highest BCUT2D eigenvalue weighted by Gasteiger charge is 2.16. The van der Waals surface area contributed by atoms with Crippen LogP contribution in [0.1, 0.15) is 47.0 Å². The predicted molar refractivity (Wildman–Crippen MR) is 88.8 cm³/mol. The minimum Gasteiger partial charge on any atom is -0.372 e. The molecule has 0 saturated carbocycles. The molecule has 0 aliphatic rings. The van der Waals surface area contributed by atoms with E-state index in [2.05, 4.69) is 44.9 Å². The van der Waals surface area contributed by atoms with Gasteiger partial charge in [-0.15, -0.1) is 0 Å². The summed E-state index contributed by atoms with van der Waals surface area (Å²) < 4.78 is 0. The third kappa shape index (κ3) is 7.20. The Labute approximate surface area is 116 Å². The maximum atomic E-state index is 4.01. The highest BCUT2D eigenvalue weighted by molar-refractivity contribution is 8.33. The molecule has 0 aliphatic carbocycles. The Balaban J connectivity index is 3.68. The monoisotopic (exact) mass is 274 g/mol. The van der Waals surface area contributed by atoms with Gasteiger partial charge in [0.05, 0.1) is 5.82 Å². The molecule has 2 N–H and O–H groups in total. The molecular formula is C15H34N2S. The van der Waals surface area contributed by atoms with Crippen LogP contribution in [0, 0.1) is 0 Å². The first-order valence-electron chi connectivity index (χ1n) is 7.54. The molecule has 110 valence electrons. The molecule has 0 bridgehead atoms. The molecule has 0 aromatic rings. The molecule has 0 aromatic carbocycles. The zero-order valence-corrected chi connectivity index (χ0v) is 13.8. The molecule has 2 nitrogen and oxygen atoms in total. The van der Waals surface area contributed by atoms with Crippen LogP contribution in [-0.2, 0) is 0 Å². The first-order valence-corrected chi connectivity index (χ1v) is 9.85. The molecule has 0 unspecified atom stereocenters. The van der Waals surface area contributed by atoms with E-state index in [0.717, 1.165) is 18.9 Å². The van der Waals surface area contributed by atoms with Gasteiger partial charge >= 0.3 is 0 Å². The van der Waals surface area contributed by atoms with Crippen LogP contribution in [0.5, 0.6) is 0 Å². The molecule has 0 radical (unpaired) electrons. The van der Waals surface area contributed by atoms with Crippen LogP contribution in [0.15, 0.2) is 12.4 Å². The van der Waals surface area contributed by atoms with Crippen molar-refractivity contribution in [3.63, 3.8) is 0 Å². The molecule has 0 rings (SSSR count). The zero-order chi connectivity index (χ0) is 13.9. The maximum absolute atomic E-state index is 4.01. The summed E-state index contributed by atoms with van der Waals surface area (Å²) in [6.07, 6.45) is 3.73. The molecule has 0 fully saturated rings. The van der Waals surface area contributed by atoms with Crippen molar-refractivity contribution < 1.29 is 0 Å². The Kier molecular flexibility index (Phi) is 10.4. The van der Waals surface area contributed by atoms with Crippen molar-refractivity contribution in [2.75, 3.05) is 36.1 Å².